The minimum Gasteiger partial charge on any atom is -0.481 e. The summed E-state index contributed by atoms with van der Waals surface area (Å²) in [6.45, 7) is 2.09. The van der Waals surface area contributed by atoms with Gasteiger partial charge in [0.15, 0.2) is 0 Å². The highest BCUT2D eigenvalue weighted by molar-refractivity contribution is 5.76. The molecule has 0 spiro atoms. The maximum absolute atomic E-state index is 12.4. The summed E-state index contributed by atoms with van der Waals surface area (Å²) in [6, 6.07) is -0.208. The summed E-state index contributed by atoms with van der Waals surface area (Å²) in [5.41, 5.74) is -0.898. The molecule has 2 heterocycles. The number of likely N-dealkylation sites (tertiary alicyclic amines) is 1. The molecule has 0 radical (unpaired) electrons. The van der Waals surface area contributed by atoms with Crippen molar-refractivity contribution < 1.29 is 24.5 Å². The van der Waals surface area contributed by atoms with E-state index in [2.05, 4.69) is 0 Å². The molecule has 2 amide bonds. The minimum atomic E-state index is -0.898. The Morgan fingerprint density at radius 2 is 2.05 bits per heavy atom. The van der Waals surface area contributed by atoms with Crippen LogP contribution < -0.4 is 0 Å². The maximum Gasteiger partial charge on any atom is 0.319 e. The lowest BCUT2D eigenvalue weighted by Crippen LogP contribution is -2.53. The molecule has 0 aromatic carbocycles. The number of carboxylic acids is 1. The molecule has 2 N–H and O–H groups in total. The molecule has 0 aromatic heterocycles. The zero-order chi connectivity index (χ0) is 15.5. The molecule has 2 fully saturated rings. The van der Waals surface area contributed by atoms with Crippen LogP contribution in [0.2, 0.25) is 0 Å². The Labute approximate surface area is 124 Å². The van der Waals surface area contributed by atoms with E-state index in [1.807, 2.05) is 0 Å². The largest absolute Gasteiger partial charge is 0.481 e. The number of carbonyl (C=O) groups excluding carboxylic acids is 1. The van der Waals surface area contributed by atoms with Crippen LogP contribution in [0.15, 0.2) is 0 Å². The molecular formula is C14H24N2O5. The van der Waals surface area contributed by atoms with Crippen LogP contribution in [0.5, 0.6) is 0 Å². The van der Waals surface area contributed by atoms with Crippen molar-refractivity contribution in [2.24, 2.45) is 5.92 Å². The molecule has 1 atom stereocenters. The zero-order valence-corrected chi connectivity index (χ0v) is 12.5. The van der Waals surface area contributed by atoms with E-state index in [1.165, 1.54) is 4.90 Å². The van der Waals surface area contributed by atoms with Gasteiger partial charge in [0.1, 0.15) is 0 Å². The fourth-order valence-electron chi connectivity index (χ4n) is 3.01. The van der Waals surface area contributed by atoms with E-state index in [4.69, 9.17) is 9.84 Å². The van der Waals surface area contributed by atoms with Crippen LogP contribution in [0.25, 0.3) is 0 Å². The highest BCUT2D eigenvalue weighted by atomic mass is 16.5. The van der Waals surface area contributed by atoms with Crippen molar-refractivity contribution in [1.29, 1.82) is 0 Å². The van der Waals surface area contributed by atoms with Crippen LogP contribution in [0, 0.1) is 5.92 Å². The number of ether oxygens (including phenoxy) is 1. The Balaban J connectivity index is 1.90. The van der Waals surface area contributed by atoms with Gasteiger partial charge >= 0.3 is 12.0 Å². The number of aliphatic carboxylic acids is 1. The molecular weight excluding hydrogens is 276 g/mol. The standard InChI is InChI=1S/C14H24N2O5/c1-15(10-14(20)4-7-21-8-5-14)13(19)16-6-2-3-11(9-16)12(17)18/h11,20H,2-10H2,1H3,(H,17,18). The fourth-order valence-corrected chi connectivity index (χ4v) is 3.01. The molecule has 21 heavy (non-hydrogen) atoms. The van der Waals surface area contributed by atoms with Gasteiger partial charge in [-0.25, -0.2) is 4.79 Å². The first-order chi connectivity index (χ1) is 9.91. The van der Waals surface area contributed by atoms with Crippen molar-refractivity contribution in [1.82, 2.24) is 9.80 Å². The number of hydrogen-bond donors (Lipinski definition) is 2. The molecule has 0 aliphatic carbocycles. The number of carboxylic acid groups (broad SMARTS) is 1. The third-order valence-electron chi connectivity index (χ3n) is 4.32. The average Bonchev–Trinajstić information content (AvgIpc) is 2.46. The predicted molar refractivity (Wildman–Crippen MR) is 75.0 cm³/mol. The summed E-state index contributed by atoms with van der Waals surface area (Å²) in [4.78, 5) is 26.5. The van der Waals surface area contributed by atoms with Crippen molar-refractivity contribution in [2.75, 3.05) is 39.9 Å². The van der Waals surface area contributed by atoms with Gasteiger partial charge in [0.25, 0.3) is 0 Å². The summed E-state index contributed by atoms with van der Waals surface area (Å²) in [6.07, 6.45) is 2.35. The number of hydrogen-bond acceptors (Lipinski definition) is 4. The average molecular weight is 300 g/mol. The molecule has 7 nitrogen and oxygen atoms in total. The summed E-state index contributed by atoms with van der Waals surface area (Å²) in [5, 5.41) is 19.5. The normalized spacial score (nSPS) is 25.4. The van der Waals surface area contributed by atoms with Gasteiger partial charge in [-0.3, -0.25) is 4.79 Å². The number of carbonyl (C=O) groups is 2. The second-order valence-electron chi connectivity index (χ2n) is 6.10. The predicted octanol–water partition coefficient (Wildman–Crippen LogP) is 0.376. The van der Waals surface area contributed by atoms with Gasteiger partial charge in [0.2, 0.25) is 0 Å². The Hall–Kier alpha value is -1.34. The number of likely N-dealkylation sites (N-methyl/N-ethyl adjacent to an activating group) is 1. The first-order valence-corrected chi connectivity index (χ1v) is 7.44. The zero-order valence-electron chi connectivity index (χ0n) is 12.5. The number of aliphatic hydroxyl groups is 1. The molecule has 7 heteroatoms. The lowest BCUT2D eigenvalue weighted by Gasteiger charge is -2.38. The van der Waals surface area contributed by atoms with Gasteiger partial charge in [0, 0.05) is 46.2 Å². The van der Waals surface area contributed by atoms with Crippen LogP contribution in [0.1, 0.15) is 25.7 Å². The number of urea groups is 1. The van der Waals surface area contributed by atoms with Crippen molar-refractivity contribution >= 4 is 12.0 Å². The van der Waals surface area contributed by atoms with Gasteiger partial charge < -0.3 is 24.7 Å². The summed E-state index contributed by atoms with van der Waals surface area (Å²) in [5.74, 6) is -1.33. The first-order valence-electron chi connectivity index (χ1n) is 7.44. The van der Waals surface area contributed by atoms with Gasteiger partial charge in [-0.15, -0.1) is 0 Å². The van der Waals surface area contributed by atoms with Gasteiger partial charge in [-0.05, 0) is 12.8 Å². The molecule has 0 saturated carbocycles. The topological polar surface area (TPSA) is 90.3 Å². The van der Waals surface area contributed by atoms with Crippen LogP contribution in [-0.4, -0.2) is 77.5 Å². The van der Waals surface area contributed by atoms with E-state index < -0.39 is 17.5 Å². The van der Waals surface area contributed by atoms with Gasteiger partial charge in [0.05, 0.1) is 18.1 Å². The van der Waals surface area contributed by atoms with E-state index in [0.29, 0.717) is 45.4 Å². The second kappa shape index (κ2) is 6.62. The summed E-state index contributed by atoms with van der Waals surface area (Å²) in [7, 11) is 1.65. The molecule has 2 aliphatic rings. The van der Waals surface area contributed by atoms with Crippen LogP contribution in [0.4, 0.5) is 4.79 Å². The van der Waals surface area contributed by atoms with Crippen molar-refractivity contribution in [3.63, 3.8) is 0 Å². The molecule has 1 unspecified atom stereocenters. The SMILES string of the molecule is CN(CC1(O)CCOCC1)C(=O)N1CCCC(C(=O)O)C1. The van der Waals surface area contributed by atoms with Gasteiger partial charge in [-0.1, -0.05) is 0 Å². The molecule has 120 valence electrons. The van der Waals surface area contributed by atoms with E-state index in [9.17, 15) is 14.7 Å². The second-order valence-corrected chi connectivity index (χ2v) is 6.10. The number of piperidine rings is 1. The lowest BCUT2D eigenvalue weighted by atomic mass is 9.94. The summed E-state index contributed by atoms with van der Waals surface area (Å²) < 4.78 is 5.22. The summed E-state index contributed by atoms with van der Waals surface area (Å²) >= 11 is 0. The van der Waals surface area contributed by atoms with Crippen molar-refractivity contribution in [3.05, 3.63) is 0 Å². The Morgan fingerprint density at radius 3 is 2.67 bits per heavy atom. The van der Waals surface area contributed by atoms with Gasteiger partial charge in [-0.2, -0.15) is 0 Å². The Kier molecular flexibility index (Phi) is 5.05. The maximum atomic E-state index is 12.4. The van der Waals surface area contributed by atoms with E-state index in [-0.39, 0.29) is 19.1 Å². The highest BCUT2D eigenvalue weighted by Gasteiger charge is 2.35. The number of nitrogens with zero attached hydrogens (tertiary/aromatic N) is 2. The van der Waals surface area contributed by atoms with Crippen molar-refractivity contribution in [2.45, 2.75) is 31.3 Å². The third kappa shape index (κ3) is 4.07. The quantitative estimate of drug-likeness (QED) is 0.786. The molecule has 2 aliphatic heterocycles. The smallest absolute Gasteiger partial charge is 0.319 e. The minimum absolute atomic E-state index is 0.208. The monoisotopic (exact) mass is 300 g/mol. The van der Waals surface area contributed by atoms with E-state index >= 15 is 0 Å². The Morgan fingerprint density at radius 1 is 1.38 bits per heavy atom. The lowest BCUT2D eigenvalue weighted by molar-refractivity contribution is -0.143. The number of rotatable bonds is 3. The van der Waals surface area contributed by atoms with Crippen LogP contribution in [0.3, 0.4) is 0 Å². The molecule has 2 saturated heterocycles. The molecule has 2 rings (SSSR count). The third-order valence-corrected chi connectivity index (χ3v) is 4.32. The van der Waals surface area contributed by atoms with Crippen LogP contribution >= 0.6 is 0 Å². The van der Waals surface area contributed by atoms with Crippen LogP contribution in [-0.2, 0) is 9.53 Å². The van der Waals surface area contributed by atoms with E-state index in [1.54, 1.807) is 11.9 Å². The van der Waals surface area contributed by atoms with Crippen molar-refractivity contribution in [3.8, 4) is 0 Å². The molecule has 0 aromatic rings. The molecule has 0 bridgehead atoms. The highest BCUT2D eigenvalue weighted by Crippen LogP contribution is 2.23. The van der Waals surface area contributed by atoms with E-state index in [0.717, 1.165) is 0 Å². The fraction of sp³-hybridized carbons (Fsp3) is 0.857. The number of amides is 2. The first kappa shape index (κ1) is 16.0. The Bertz CT molecular complexity index is 395.